The second-order valence-electron chi connectivity index (χ2n) is 7.19. The highest BCUT2D eigenvalue weighted by atomic mass is 16.5. The molecule has 124 valence electrons. The Morgan fingerprint density at radius 2 is 1.81 bits per heavy atom. The molecule has 0 aromatic carbocycles. The highest BCUT2D eigenvalue weighted by molar-refractivity contribution is 4.80. The van der Waals surface area contributed by atoms with Crippen LogP contribution in [0.25, 0.3) is 0 Å². The molecule has 4 nitrogen and oxygen atoms in total. The van der Waals surface area contributed by atoms with Crippen molar-refractivity contribution >= 4 is 0 Å². The second-order valence-corrected chi connectivity index (χ2v) is 7.19. The smallest absolute Gasteiger partial charge is 0.0793 e. The van der Waals surface area contributed by atoms with Crippen LogP contribution in [0.4, 0.5) is 0 Å². The number of aliphatic hydroxyl groups excluding tert-OH is 1. The van der Waals surface area contributed by atoms with Gasteiger partial charge in [0, 0.05) is 32.2 Å². The molecule has 2 unspecified atom stereocenters. The third-order valence-corrected chi connectivity index (χ3v) is 4.76. The molecule has 0 aromatic rings. The third kappa shape index (κ3) is 6.23. The summed E-state index contributed by atoms with van der Waals surface area (Å²) in [6, 6.07) is 0.673. The Morgan fingerprint density at radius 1 is 1.05 bits per heavy atom. The number of ether oxygens (including phenoxy) is 1. The summed E-state index contributed by atoms with van der Waals surface area (Å²) in [7, 11) is 0. The maximum Gasteiger partial charge on any atom is 0.0793 e. The molecule has 0 aliphatic carbocycles. The van der Waals surface area contributed by atoms with E-state index >= 15 is 0 Å². The van der Waals surface area contributed by atoms with E-state index in [0.29, 0.717) is 6.04 Å². The van der Waals surface area contributed by atoms with Gasteiger partial charge in [-0.1, -0.05) is 26.7 Å². The standard InChI is InChI=1S/C17H34N2O2/c1-15(2)12-16-6-4-3-5-7-19(16)14-17(20)13-18-8-10-21-11-9-18/h15-17,20H,3-14H2,1-2H3. The summed E-state index contributed by atoms with van der Waals surface area (Å²) in [4.78, 5) is 4.90. The van der Waals surface area contributed by atoms with Gasteiger partial charge in [0.05, 0.1) is 19.3 Å². The molecule has 4 heteroatoms. The predicted molar refractivity (Wildman–Crippen MR) is 86.5 cm³/mol. The second kappa shape index (κ2) is 9.09. The zero-order valence-corrected chi connectivity index (χ0v) is 14.0. The van der Waals surface area contributed by atoms with Crippen LogP contribution in [0.2, 0.25) is 0 Å². The van der Waals surface area contributed by atoms with E-state index in [9.17, 15) is 5.11 Å². The van der Waals surface area contributed by atoms with Gasteiger partial charge in [0.1, 0.15) is 0 Å². The number of hydrogen-bond donors (Lipinski definition) is 1. The minimum absolute atomic E-state index is 0.226. The van der Waals surface area contributed by atoms with Crippen LogP contribution in [0.1, 0.15) is 46.0 Å². The predicted octanol–water partition coefficient (Wildman–Crippen LogP) is 1.97. The molecule has 0 amide bonds. The Labute approximate surface area is 130 Å². The van der Waals surface area contributed by atoms with E-state index in [2.05, 4.69) is 23.6 Å². The van der Waals surface area contributed by atoms with Gasteiger partial charge in [0.2, 0.25) is 0 Å². The average Bonchev–Trinajstić information content (AvgIpc) is 2.65. The van der Waals surface area contributed by atoms with Crippen molar-refractivity contribution in [2.24, 2.45) is 5.92 Å². The minimum atomic E-state index is -0.226. The van der Waals surface area contributed by atoms with Crippen molar-refractivity contribution in [1.82, 2.24) is 9.80 Å². The third-order valence-electron chi connectivity index (χ3n) is 4.76. The Bertz CT molecular complexity index is 280. The largest absolute Gasteiger partial charge is 0.390 e. The number of aliphatic hydroxyl groups is 1. The van der Waals surface area contributed by atoms with Crippen molar-refractivity contribution in [2.75, 3.05) is 45.9 Å². The number of rotatable bonds is 6. The number of morpholine rings is 1. The highest BCUT2D eigenvalue weighted by Crippen LogP contribution is 2.22. The van der Waals surface area contributed by atoms with Crippen molar-refractivity contribution in [2.45, 2.75) is 58.1 Å². The van der Waals surface area contributed by atoms with Gasteiger partial charge in [-0.25, -0.2) is 0 Å². The molecule has 2 heterocycles. The van der Waals surface area contributed by atoms with Gasteiger partial charge in [0.15, 0.2) is 0 Å². The highest BCUT2D eigenvalue weighted by Gasteiger charge is 2.25. The monoisotopic (exact) mass is 298 g/mol. The van der Waals surface area contributed by atoms with Gasteiger partial charge in [-0.2, -0.15) is 0 Å². The average molecular weight is 298 g/mol. The normalized spacial score (nSPS) is 27.7. The molecule has 1 N–H and O–H groups in total. The first kappa shape index (κ1) is 17.2. The molecule has 2 aliphatic rings. The van der Waals surface area contributed by atoms with Gasteiger partial charge in [-0.3, -0.25) is 9.80 Å². The van der Waals surface area contributed by atoms with E-state index in [4.69, 9.17) is 4.74 Å². The first-order valence-corrected chi connectivity index (χ1v) is 8.87. The zero-order chi connectivity index (χ0) is 15.1. The lowest BCUT2D eigenvalue weighted by Gasteiger charge is -2.35. The van der Waals surface area contributed by atoms with Crippen molar-refractivity contribution in [3.63, 3.8) is 0 Å². The summed E-state index contributed by atoms with van der Waals surface area (Å²) in [5.74, 6) is 0.743. The molecule has 21 heavy (non-hydrogen) atoms. The van der Waals surface area contributed by atoms with Crippen LogP contribution in [0.3, 0.4) is 0 Å². The Morgan fingerprint density at radius 3 is 2.52 bits per heavy atom. The SMILES string of the molecule is CC(C)CC1CCCCCN1CC(O)CN1CCOCC1. The zero-order valence-electron chi connectivity index (χ0n) is 14.0. The summed E-state index contributed by atoms with van der Waals surface area (Å²) in [6.07, 6.45) is 6.35. The number of β-amino-alcohol motifs (C(OH)–C–C–N with tert-alkyl or cyclic N) is 1. The first-order chi connectivity index (χ1) is 10.1. The topological polar surface area (TPSA) is 35.9 Å². The Hall–Kier alpha value is -0.160. The maximum atomic E-state index is 10.5. The molecule has 0 radical (unpaired) electrons. The van der Waals surface area contributed by atoms with Crippen molar-refractivity contribution in [1.29, 1.82) is 0 Å². The summed E-state index contributed by atoms with van der Waals surface area (Å²) in [5.41, 5.74) is 0. The summed E-state index contributed by atoms with van der Waals surface area (Å²) < 4.78 is 5.37. The van der Waals surface area contributed by atoms with Gasteiger partial charge < -0.3 is 9.84 Å². The van der Waals surface area contributed by atoms with E-state index in [0.717, 1.165) is 51.9 Å². The quantitative estimate of drug-likeness (QED) is 0.813. The van der Waals surface area contributed by atoms with E-state index in [1.165, 1.54) is 32.1 Å². The summed E-state index contributed by atoms with van der Waals surface area (Å²) >= 11 is 0. The lowest BCUT2D eigenvalue weighted by molar-refractivity contribution is 0.00225. The fraction of sp³-hybridized carbons (Fsp3) is 1.00. The Kier molecular flexibility index (Phi) is 7.44. The molecule has 2 saturated heterocycles. The fourth-order valence-corrected chi connectivity index (χ4v) is 3.70. The number of likely N-dealkylation sites (tertiary alicyclic amines) is 1. The lowest BCUT2D eigenvalue weighted by Crippen LogP contribution is -2.47. The lowest BCUT2D eigenvalue weighted by atomic mass is 9.98. The molecule has 2 atom stereocenters. The molecule has 0 bridgehead atoms. The van der Waals surface area contributed by atoms with E-state index < -0.39 is 0 Å². The van der Waals surface area contributed by atoms with Crippen LogP contribution in [0.15, 0.2) is 0 Å². The van der Waals surface area contributed by atoms with Crippen molar-refractivity contribution in [3.8, 4) is 0 Å². The van der Waals surface area contributed by atoms with E-state index in [1.807, 2.05) is 0 Å². The van der Waals surface area contributed by atoms with Crippen LogP contribution in [0.5, 0.6) is 0 Å². The van der Waals surface area contributed by atoms with Gasteiger partial charge in [0.25, 0.3) is 0 Å². The van der Waals surface area contributed by atoms with Crippen molar-refractivity contribution in [3.05, 3.63) is 0 Å². The van der Waals surface area contributed by atoms with Gasteiger partial charge in [-0.05, 0) is 31.7 Å². The van der Waals surface area contributed by atoms with E-state index in [-0.39, 0.29) is 6.10 Å². The van der Waals surface area contributed by atoms with Gasteiger partial charge in [-0.15, -0.1) is 0 Å². The summed E-state index contributed by atoms with van der Waals surface area (Å²) in [6.45, 7) is 11.0. The van der Waals surface area contributed by atoms with Crippen molar-refractivity contribution < 1.29 is 9.84 Å². The number of nitrogens with zero attached hydrogens (tertiary/aromatic N) is 2. The molecule has 2 rings (SSSR count). The van der Waals surface area contributed by atoms with Crippen LogP contribution in [-0.2, 0) is 4.74 Å². The molecule has 2 aliphatic heterocycles. The molecule has 0 aromatic heterocycles. The minimum Gasteiger partial charge on any atom is -0.390 e. The molecular formula is C17H34N2O2. The molecule has 0 spiro atoms. The fourth-order valence-electron chi connectivity index (χ4n) is 3.70. The van der Waals surface area contributed by atoms with Crippen LogP contribution in [0, 0.1) is 5.92 Å². The Balaban J connectivity index is 1.81. The molecule has 2 fully saturated rings. The molecule has 0 saturated carbocycles. The molecular weight excluding hydrogens is 264 g/mol. The summed E-state index contributed by atoms with van der Waals surface area (Å²) in [5, 5.41) is 10.5. The maximum absolute atomic E-state index is 10.5. The van der Waals surface area contributed by atoms with Crippen LogP contribution < -0.4 is 0 Å². The van der Waals surface area contributed by atoms with Crippen LogP contribution in [-0.4, -0.2) is 73.0 Å². The van der Waals surface area contributed by atoms with Crippen LogP contribution >= 0.6 is 0 Å². The number of hydrogen-bond acceptors (Lipinski definition) is 4. The van der Waals surface area contributed by atoms with E-state index in [1.54, 1.807) is 0 Å². The van der Waals surface area contributed by atoms with Gasteiger partial charge >= 0.3 is 0 Å². The first-order valence-electron chi connectivity index (χ1n) is 8.87.